The van der Waals surface area contributed by atoms with Crippen molar-refractivity contribution in [1.82, 2.24) is 19.5 Å². The van der Waals surface area contributed by atoms with E-state index < -0.39 is 11.7 Å². The lowest BCUT2D eigenvalue weighted by molar-refractivity contribution is -0.137. The van der Waals surface area contributed by atoms with Gasteiger partial charge in [-0.25, -0.2) is 4.98 Å². The molecular weight excluding hydrogens is 440 g/mol. The van der Waals surface area contributed by atoms with Crippen LogP contribution in [0.15, 0.2) is 41.2 Å². The molecule has 3 aromatic heterocycles. The lowest BCUT2D eigenvalue weighted by atomic mass is 10.1. The zero-order chi connectivity index (χ0) is 22.1. The van der Waals surface area contributed by atoms with Crippen LogP contribution in [0.25, 0.3) is 28.6 Å². The quantitative estimate of drug-likeness (QED) is 0.334. The van der Waals surface area contributed by atoms with Gasteiger partial charge in [0.1, 0.15) is 5.69 Å². The van der Waals surface area contributed by atoms with E-state index >= 15 is 0 Å². The number of alkyl halides is 3. The fraction of sp³-hybridized carbons (Fsp3) is 0.250. The van der Waals surface area contributed by atoms with E-state index in [2.05, 4.69) is 15.1 Å². The fourth-order valence-electron chi connectivity index (χ4n) is 2.71. The fourth-order valence-corrected chi connectivity index (χ4v) is 3.26. The van der Waals surface area contributed by atoms with E-state index in [1.165, 1.54) is 10.6 Å². The monoisotopic (exact) mass is 456 g/mol. The molecule has 0 spiro atoms. The van der Waals surface area contributed by atoms with Crippen LogP contribution in [0.2, 0.25) is 10.0 Å². The number of rotatable bonds is 3. The highest BCUT2D eigenvalue weighted by atomic mass is 35.5. The topological polar surface area (TPSA) is 56.2 Å². The van der Waals surface area contributed by atoms with Crippen molar-refractivity contribution in [3.63, 3.8) is 0 Å². The number of pyridine rings is 1. The Morgan fingerprint density at radius 3 is 2.40 bits per heavy atom. The van der Waals surface area contributed by atoms with Gasteiger partial charge in [0.2, 0.25) is 5.82 Å². The van der Waals surface area contributed by atoms with Crippen molar-refractivity contribution in [3.05, 3.63) is 57.8 Å². The van der Waals surface area contributed by atoms with E-state index in [9.17, 15) is 13.2 Å². The van der Waals surface area contributed by atoms with E-state index in [1.54, 1.807) is 6.07 Å². The van der Waals surface area contributed by atoms with Crippen LogP contribution in [0.3, 0.4) is 0 Å². The number of hydrogen-bond acceptors (Lipinski definition) is 4. The molecule has 5 nitrogen and oxygen atoms in total. The highest BCUT2D eigenvalue weighted by Crippen LogP contribution is 2.33. The molecule has 158 valence electrons. The van der Waals surface area contributed by atoms with E-state index in [4.69, 9.17) is 27.7 Å². The summed E-state index contributed by atoms with van der Waals surface area (Å²) in [7, 11) is 0. The highest BCUT2D eigenvalue weighted by molar-refractivity contribution is 6.33. The summed E-state index contributed by atoms with van der Waals surface area (Å²) in [5, 5.41) is 4.23. The lowest BCUT2D eigenvalue weighted by Crippen LogP contribution is -2.06. The average Bonchev–Trinajstić information content (AvgIpc) is 3.36. The Morgan fingerprint density at radius 1 is 1.03 bits per heavy atom. The standard InChI is InChI=1S/C18H11Cl2F3N4O.C2H6/c1-2-9-3-4-11(12(19)5-9)15-25-17(28-26-15)14-8-27-7-10(18(21,22)23)6-13(20)16(27)24-14;1-2/h3-8H,2H2,1H3;1-2H3. The number of aromatic nitrogens is 4. The number of imidazole rings is 1. The third kappa shape index (κ3) is 4.29. The first-order chi connectivity index (χ1) is 14.3. The first-order valence-corrected chi connectivity index (χ1v) is 9.90. The van der Waals surface area contributed by atoms with Crippen molar-refractivity contribution in [2.24, 2.45) is 0 Å². The summed E-state index contributed by atoms with van der Waals surface area (Å²) in [6.07, 6.45) is -1.45. The molecule has 4 rings (SSSR count). The molecule has 3 heterocycles. The van der Waals surface area contributed by atoms with Crippen LogP contribution in [0.5, 0.6) is 0 Å². The summed E-state index contributed by atoms with van der Waals surface area (Å²) in [6, 6.07) is 6.32. The number of benzene rings is 1. The Hall–Kier alpha value is -2.58. The molecule has 0 unspecified atom stereocenters. The van der Waals surface area contributed by atoms with E-state index in [1.807, 2.05) is 32.9 Å². The van der Waals surface area contributed by atoms with Crippen LogP contribution in [-0.4, -0.2) is 19.5 Å². The Morgan fingerprint density at radius 2 is 1.77 bits per heavy atom. The molecule has 0 atom stereocenters. The molecule has 0 radical (unpaired) electrons. The van der Waals surface area contributed by atoms with Gasteiger partial charge in [0, 0.05) is 18.0 Å². The molecule has 0 saturated heterocycles. The first kappa shape index (κ1) is 22.1. The second-order valence-electron chi connectivity index (χ2n) is 6.02. The van der Waals surface area contributed by atoms with Gasteiger partial charge in [-0.15, -0.1) is 0 Å². The van der Waals surface area contributed by atoms with E-state index in [0.29, 0.717) is 10.6 Å². The molecule has 0 fully saturated rings. The van der Waals surface area contributed by atoms with Crippen molar-refractivity contribution < 1.29 is 17.7 Å². The van der Waals surface area contributed by atoms with Crippen molar-refractivity contribution in [1.29, 1.82) is 0 Å². The zero-order valence-electron chi connectivity index (χ0n) is 16.3. The number of halogens is 5. The van der Waals surface area contributed by atoms with Crippen molar-refractivity contribution >= 4 is 28.8 Å². The SMILES string of the molecule is CC.CCc1ccc(-c2noc(-c3cn4cc(C(F)(F)F)cc(Cl)c4n3)n2)c(Cl)c1. The van der Waals surface area contributed by atoms with Gasteiger partial charge >= 0.3 is 6.18 Å². The molecule has 30 heavy (non-hydrogen) atoms. The summed E-state index contributed by atoms with van der Waals surface area (Å²) >= 11 is 12.2. The molecule has 0 amide bonds. The maximum atomic E-state index is 13.0. The predicted molar refractivity (Wildman–Crippen MR) is 110 cm³/mol. The number of fused-ring (bicyclic) bond motifs is 1. The third-order valence-electron chi connectivity index (χ3n) is 4.16. The predicted octanol–water partition coefficient (Wildman–Crippen LogP) is 6.97. The number of aryl methyl sites for hydroxylation is 1. The van der Waals surface area contributed by atoms with Crippen LogP contribution in [0.1, 0.15) is 31.9 Å². The van der Waals surface area contributed by atoms with Crippen molar-refractivity contribution in [2.75, 3.05) is 0 Å². The zero-order valence-corrected chi connectivity index (χ0v) is 17.8. The maximum absolute atomic E-state index is 13.0. The van der Waals surface area contributed by atoms with Gasteiger partial charge in [0.25, 0.3) is 5.89 Å². The molecule has 0 saturated carbocycles. The average molecular weight is 457 g/mol. The molecule has 0 aliphatic carbocycles. The van der Waals surface area contributed by atoms with Crippen LogP contribution >= 0.6 is 23.2 Å². The molecular formula is C20H17Cl2F3N4O. The summed E-state index contributed by atoms with van der Waals surface area (Å²) in [6.45, 7) is 6.01. The summed E-state index contributed by atoms with van der Waals surface area (Å²) < 4.78 is 45.3. The van der Waals surface area contributed by atoms with Crippen LogP contribution < -0.4 is 0 Å². The second kappa shape index (κ2) is 8.65. The minimum atomic E-state index is -4.53. The van der Waals surface area contributed by atoms with Crippen LogP contribution in [0, 0.1) is 0 Å². The van der Waals surface area contributed by atoms with Crippen molar-refractivity contribution in [2.45, 2.75) is 33.4 Å². The van der Waals surface area contributed by atoms with Gasteiger partial charge in [0.15, 0.2) is 5.65 Å². The Balaban J connectivity index is 0.00000124. The number of hydrogen-bond donors (Lipinski definition) is 0. The van der Waals surface area contributed by atoms with E-state index in [0.717, 1.165) is 24.2 Å². The van der Waals surface area contributed by atoms with Gasteiger partial charge in [-0.3, -0.25) is 0 Å². The summed E-state index contributed by atoms with van der Waals surface area (Å²) in [5.41, 5.74) is 1.10. The van der Waals surface area contributed by atoms with Gasteiger partial charge in [-0.05, 0) is 30.2 Å². The van der Waals surface area contributed by atoms with Gasteiger partial charge in [-0.1, -0.05) is 55.2 Å². The number of nitrogens with zero attached hydrogens (tertiary/aromatic N) is 4. The molecule has 4 aromatic rings. The van der Waals surface area contributed by atoms with Gasteiger partial charge in [0.05, 0.1) is 15.6 Å². The molecule has 1 aromatic carbocycles. The molecule has 0 N–H and O–H groups in total. The normalized spacial score (nSPS) is 11.5. The minimum absolute atomic E-state index is 0.0407. The lowest BCUT2D eigenvalue weighted by Gasteiger charge is -2.07. The Bertz CT molecular complexity index is 1180. The Labute approximate surface area is 180 Å². The molecule has 0 aliphatic heterocycles. The second-order valence-corrected chi connectivity index (χ2v) is 6.84. The maximum Gasteiger partial charge on any atom is 0.417 e. The van der Waals surface area contributed by atoms with Crippen molar-refractivity contribution in [3.8, 4) is 23.0 Å². The highest BCUT2D eigenvalue weighted by Gasteiger charge is 2.32. The van der Waals surface area contributed by atoms with Crippen LogP contribution in [0.4, 0.5) is 13.2 Å². The molecule has 0 aliphatic rings. The molecule has 10 heteroatoms. The van der Waals surface area contributed by atoms with E-state index in [-0.39, 0.29) is 28.1 Å². The Kier molecular flexibility index (Phi) is 6.38. The van der Waals surface area contributed by atoms with Gasteiger partial charge in [-0.2, -0.15) is 18.2 Å². The third-order valence-corrected chi connectivity index (χ3v) is 4.75. The minimum Gasteiger partial charge on any atom is -0.332 e. The smallest absolute Gasteiger partial charge is 0.332 e. The van der Waals surface area contributed by atoms with Gasteiger partial charge < -0.3 is 8.92 Å². The van der Waals surface area contributed by atoms with Crippen LogP contribution in [-0.2, 0) is 12.6 Å². The largest absolute Gasteiger partial charge is 0.417 e. The molecule has 0 bridgehead atoms. The summed E-state index contributed by atoms with van der Waals surface area (Å²) in [4.78, 5) is 8.46. The first-order valence-electron chi connectivity index (χ1n) is 9.14. The summed E-state index contributed by atoms with van der Waals surface area (Å²) in [5.74, 6) is 0.292.